The molecule has 0 unspecified atom stereocenters. The lowest BCUT2D eigenvalue weighted by molar-refractivity contribution is 0.659. The van der Waals surface area contributed by atoms with Crippen LogP contribution in [-0.2, 0) is 13.1 Å². The van der Waals surface area contributed by atoms with Crippen LogP contribution >= 0.6 is 12.2 Å². The minimum Gasteiger partial charge on any atom is -0.329 e. The Morgan fingerprint density at radius 3 is 2.50 bits per heavy atom. The van der Waals surface area contributed by atoms with Gasteiger partial charge in [0.15, 0.2) is 10.9 Å². The van der Waals surface area contributed by atoms with Crippen LogP contribution in [0.2, 0.25) is 0 Å². The maximum absolute atomic E-state index is 5.54. The highest BCUT2D eigenvalue weighted by Gasteiger charge is 2.14. The number of hydrogen-bond donors (Lipinski definition) is 2. The number of anilines is 2. The molecular weight excluding hydrogens is 416 g/mol. The predicted molar refractivity (Wildman–Crippen MR) is 134 cm³/mol. The number of thiocarbonyl (C=S) groups is 1. The standard InChI is InChI=1S/C25H28N6S/c1-17-8-7-10-21(14-17)15-31-20(4)24(19(3)28-31)27-25(32)26-23-12-13-30(29-23)16-22-11-6-5-9-18(22)2/h5-14H,15-16H2,1-4H3,(H2,26,27,29,32). The molecule has 0 aliphatic heterocycles. The summed E-state index contributed by atoms with van der Waals surface area (Å²) in [5.74, 6) is 0.707. The first-order valence-corrected chi connectivity index (χ1v) is 11.1. The molecule has 2 aromatic heterocycles. The number of benzene rings is 2. The first kappa shape index (κ1) is 21.8. The average molecular weight is 445 g/mol. The van der Waals surface area contributed by atoms with E-state index in [2.05, 4.69) is 72.9 Å². The van der Waals surface area contributed by atoms with Crippen molar-refractivity contribution in [2.45, 2.75) is 40.8 Å². The summed E-state index contributed by atoms with van der Waals surface area (Å²) in [4.78, 5) is 0. The van der Waals surface area contributed by atoms with Crippen LogP contribution in [0, 0.1) is 27.7 Å². The highest BCUT2D eigenvalue weighted by Crippen LogP contribution is 2.21. The van der Waals surface area contributed by atoms with Gasteiger partial charge in [0, 0.05) is 12.3 Å². The molecule has 2 aromatic carbocycles. The van der Waals surface area contributed by atoms with Crippen molar-refractivity contribution in [1.29, 1.82) is 0 Å². The third kappa shape index (κ3) is 5.06. The van der Waals surface area contributed by atoms with Gasteiger partial charge >= 0.3 is 0 Å². The second kappa shape index (κ2) is 9.36. The van der Waals surface area contributed by atoms with Crippen LogP contribution in [-0.4, -0.2) is 24.7 Å². The minimum absolute atomic E-state index is 0.493. The SMILES string of the molecule is Cc1cccc(Cn2nc(C)c(NC(=S)Nc3ccn(Cc4ccccc4C)n3)c2C)c1. The molecule has 6 nitrogen and oxygen atoms in total. The van der Waals surface area contributed by atoms with Crippen molar-refractivity contribution in [3.8, 4) is 0 Å². The van der Waals surface area contributed by atoms with E-state index in [0.29, 0.717) is 10.9 Å². The third-order valence-corrected chi connectivity index (χ3v) is 5.71. The summed E-state index contributed by atoms with van der Waals surface area (Å²) in [6, 6.07) is 18.7. The predicted octanol–water partition coefficient (Wildman–Crippen LogP) is 5.22. The van der Waals surface area contributed by atoms with Gasteiger partial charge in [0.25, 0.3) is 0 Å². The van der Waals surface area contributed by atoms with Gasteiger partial charge < -0.3 is 10.6 Å². The summed E-state index contributed by atoms with van der Waals surface area (Å²) in [6.07, 6.45) is 1.95. The minimum atomic E-state index is 0.493. The summed E-state index contributed by atoms with van der Waals surface area (Å²) in [5.41, 5.74) is 7.84. The van der Waals surface area contributed by atoms with Crippen LogP contribution in [0.5, 0.6) is 0 Å². The van der Waals surface area contributed by atoms with Gasteiger partial charge in [-0.25, -0.2) is 0 Å². The number of nitrogens with zero attached hydrogens (tertiary/aromatic N) is 4. The molecule has 4 aromatic rings. The van der Waals surface area contributed by atoms with Crippen molar-refractivity contribution in [2.24, 2.45) is 0 Å². The molecule has 2 heterocycles. The van der Waals surface area contributed by atoms with Gasteiger partial charge in [0.2, 0.25) is 0 Å². The van der Waals surface area contributed by atoms with E-state index < -0.39 is 0 Å². The van der Waals surface area contributed by atoms with Crippen molar-refractivity contribution >= 4 is 28.8 Å². The molecule has 0 saturated heterocycles. The lowest BCUT2D eigenvalue weighted by Gasteiger charge is -2.10. The molecule has 7 heteroatoms. The number of nitrogens with one attached hydrogen (secondary N) is 2. The lowest BCUT2D eigenvalue weighted by Crippen LogP contribution is -2.20. The van der Waals surface area contributed by atoms with E-state index in [4.69, 9.17) is 17.3 Å². The maximum Gasteiger partial charge on any atom is 0.176 e. The average Bonchev–Trinajstić information content (AvgIpc) is 3.29. The number of aryl methyl sites for hydroxylation is 3. The molecule has 4 rings (SSSR count). The van der Waals surface area contributed by atoms with Crippen LogP contribution < -0.4 is 10.6 Å². The summed E-state index contributed by atoms with van der Waals surface area (Å²) in [7, 11) is 0. The zero-order valence-electron chi connectivity index (χ0n) is 18.9. The Morgan fingerprint density at radius 2 is 1.72 bits per heavy atom. The summed E-state index contributed by atoms with van der Waals surface area (Å²) in [6.45, 7) is 9.70. The smallest absolute Gasteiger partial charge is 0.176 e. The summed E-state index contributed by atoms with van der Waals surface area (Å²) < 4.78 is 3.91. The zero-order chi connectivity index (χ0) is 22.7. The Balaban J connectivity index is 1.41. The molecule has 0 amide bonds. The fourth-order valence-corrected chi connectivity index (χ4v) is 3.96. The second-order valence-electron chi connectivity index (χ2n) is 8.10. The molecule has 0 spiro atoms. The Bertz CT molecular complexity index is 1250. The van der Waals surface area contributed by atoms with Gasteiger partial charge in [-0.05, 0) is 56.6 Å². The van der Waals surface area contributed by atoms with Crippen LogP contribution in [0.25, 0.3) is 0 Å². The Morgan fingerprint density at radius 1 is 0.906 bits per heavy atom. The van der Waals surface area contributed by atoms with E-state index in [-0.39, 0.29) is 0 Å². The first-order chi connectivity index (χ1) is 15.4. The topological polar surface area (TPSA) is 59.7 Å². The normalized spacial score (nSPS) is 10.9. The van der Waals surface area contributed by atoms with Crippen LogP contribution in [0.4, 0.5) is 11.5 Å². The van der Waals surface area contributed by atoms with Crippen LogP contribution in [0.15, 0.2) is 60.8 Å². The largest absolute Gasteiger partial charge is 0.329 e. The Hall–Kier alpha value is -3.45. The van der Waals surface area contributed by atoms with Crippen LogP contribution in [0.3, 0.4) is 0 Å². The van der Waals surface area contributed by atoms with Crippen molar-refractivity contribution in [1.82, 2.24) is 19.6 Å². The van der Waals surface area contributed by atoms with E-state index in [0.717, 1.165) is 30.2 Å². The molecular formula is C25H28N6S. The van der Waals surface area contributed by atoms with E-state index in [9.17, 15) is 0 Å². The highest BCUT2D eigenvalue weighted by atomic mass is 32.1. The second-order valence-corrected chi connectivity index (χ2v) is 8.50. The van der Waals surface area contributed by atoms with Gasteiger partial charge in [-0.3, -0.25) is 9.36 Å². The van der Waals surface area contributed by atoms with Gasteiger partial charge in [0.05, 0.1) is 30.2 Å². The van der Waals surface area contributed by atoms with Crippen molar-refractivity contribution in [3.05, 3.63) is 94.4 Å². The maximum atomic E-state index is 5.54. The molecule has 0 bridgehead atoms. The molecule has 0 fully saturated rings. The van der Waals surface area contributed by atoms with E-state index >= 15 is 0 Å². The van der Waals surface area contributed by atoms with E-state index in [1.165, 1.54) is 22.3 Å². The molecule has 2 N–H and O–H groups in total. The number of hydrogen-bond acceptors (Lipinski definition) is 3. The van der Waals surface area contributed by atoms with Gasteiger partial charge in [-0.1, -0.05) is 54.1 Å². The molecule has 0 atom stereocenters. The molecule has 0 saturated carbocycles. The fourth-order valence-electron chi connectivity index (χ4n) is 3.75. The van der Waals surface area contributed by atoms with Crippen molar-refractivity contribution in [2.75, 3.05) is 10.6 Å². The lowest BCUT2D eigenvalue weighted by atomic mass is 10.1. The fraction of sp³-hybridized carbons (Fsp3) is 0.240. The number of aromatic nitrogens is 4. The van der Waals surface area contributed by atoms with Gasteiger partial charge in [-0.2, -0.15) is 10.2 Å². The molecule has 0 radical (unpaired) electrons. The third-order valence-electron chi connectivity index (χ3n) is 5.51. The summed E-state index contributed by atoms with van der Waals surface area (Å²) >= 11 is 5.54. The van der Waals surface area contributed by atoms with E-state index in [1.807, 2.05) is 40.7 Å². The zero-order valence-corrected chi connectivity index (χ0v) is 19.7. The Kier molecular flexibility index (Phi) is 6.37. The number of rotatable bonds is 6. The van der Waals surface area contributed by atoms with Crippen molar-refractivity contribution in [3.63, 3.8) is 0 Å². The molecule has 32 heavy (non-hydrogen) atoms. The molecule has 0 aliphatic rings. The van der Waals surface area contributed by atoms with E-state index in [1.54, 1.807) is 0 Å². The van der Waals surface area contributed by atoms with Crippen molar-refractivity contribution < 1.29 is 0 Å². The molecule has 0 aliphatic carbocycles. The first-order valence-electron chi connectivity index (χ1n) is 10.6. The van der Waals surface area contributed by atoms with Gasteiger partial charge in [0.1, 0.15) is 0 Å². The Labute approximate surface area is 194 Å². The van der Waals surface area contributed by atoms with Crippen LogP contribution in [0.1, 0.15) is 33.6 Å². The monoisotopic (exact) mass is 444 g/mol. The summed E-state index contributed by atoms with van der Waals surface area (Å²) in [5, 5.41) is 16.3. The highest BCUT2D eigenvalue weighted by molar-refractivity contribution is 7.80. The molecule has 164 valence electrons. The quantitative estimate of drug-likeness (QED) is 0.399. The van der Waals surface area contributed by atoms with Gasteiger partial charge in [-0.15, -0.1) is 0 Å².